The average Bonchev–Trinajstić information content (AvgIpc) is 2.09. The lowest BCUT2D eigenvalue weighted by Gasteiger charge is -2.31. The van der Waals surface area contributed by atoms with Gasteiger partial charge < -0.3 is 15.0 Å². The standard InChI is InChI=1S/C11H24N2O2/c1-7-12-9(11(2,3)4)8-15-10(14)13(5)6/h9,12H,7-8H2,1-6H3. The van der Waals surface area contributed by atoms with E-state index in [0.717, 1.165) is 6.54 Å². The summed E-state index contributed by atoms with van der Waals surface area (Å²) in [4.78, 5) is 12.7. The lowest BCUT2D eigenvalue weighted by molar-refractivity contribution is 0.0868. The number of carbonyl (C=O) groups excluding carboxylic acids is 1. The van der Waals surface area contributed by atoms with Crippen LogP contribution in [0.5, 0.6) is 0 Å². The first-order valence-corrected chi connectivity index (χ1v) is 5.36. The number of nitrogens with one attached hydrogen (secondary N) is 1. The summed E-state index contributed by atoms with van der Waals surface area (Å²) >= 11 is 0. The van der Waals surface area contributed by atoms with Gasteiger partial charge >= 0.3 is 6.09 Å². The molecule has 1 N–H and O–H groups in total. The van der Waals surface area contributed by atoms with E-state index in [-0.39, 0.29) is 17.6 Å². The van der Waals surface area contributed by atoms with Gasteiger partial charge in [-0.2, -0.15) is 0 Å². The van der Waals surface area contributed by atoms with Crippen LogP contribution >= 0.6 is 0 Å². The average molecular weight is 216 g/mol. The summed E-state index contributed by atoms with van der Waals surface area (Å²) in [6.07, 6.45) is -0.290. The first kappa shape index (κ1) is 14.2. The van der Waals surface area contributed by atoms with Gasteiger partial charge in [-0.15, -0.1) is 0 Å². The summed E-state index contributed by atoms with van der Waals surface area (Å²) in [7, 11) is 3.36. The fourth-order valence-electron chi connectivity index (χ4n) is 1.15. The van der Waals surface area contributed by atoms with Gasteiger partial charge in [0.25, 0.3) is 0 Å². The SMILES string of the molecule is CCNC(COC(=O)N(C)C)C(C)(C)C. The predicted molar refractivity (Wildman–Crippen MR) is 62.0 cm³/mol. The van der Waals surface area contributed by atoms with Crippen molar-refractivity contribution in [3.63, 3.8) is 0 Å². The number of amides is 1. The normalized spacial score (nSPS) is 13.5. The molecule has 0 saturated heterocycles. The van der Waals surface area contributed by atoms with Crippen LogP contribution in [0.1, 0.15) is 27.7 Å². The molecule has 0 aromatic heterocycles. The summed E-state index contributed by atoms with van der Waals surface area (Å²) in [5, 5.41) is 3.32. The van der Waals surface area contributed by atoms with E-state index < -0.39 is 0 Å². The lowest BCUT2D eigenvalue weighted by Crippen LogP contribution is -2.44. The van der Waals surface area contributed by atoms with Crippen molar-refractivity contribution in [2.75, 3.05) is 27.2 Å². The predicted octanol–water partition coefficient (Wildman–Crippen LogP) is 1.71. The van der Waals surface area contributed by atoms with Gasteiger partial charge in [-0.25, -0.2) is 4.79 Å². The Morgan fingerprint density at radius 2 is 1.93 bits per heavy atom. The number of hydrogen-bond donors (Lipinski definition) is 1. The van der Waals surface area contributed by atoms with Crippen molar-refractivity contribution in [2.24, 2.45) is 5.41 Å². The van der Waals surface area contributed by atoms with Crippen molar-refractivity contribution in [3.8, 4) is 0 Å². The quantitative estimate of drug-likeness (QED) is 0.778. The van der Waals surface area contributed by atoms with Gasteiger partial charge in [0.1, 0.15) is 6.61 Å². The number of ether oxygens (including phenoxy) is 1. The van der Waals surface area contributed by atoms with E-state index in [1.165, 1.54) is 4.90 Å². The zero-order chi connectivity index (χ0) is 12.1. The van der Waals surface area contributed by atoms with E-state index in [1.54, 1.807) is 14.1 Å². The van der Waals surface area contributed by atoms with E-state index in [4.69, 9.17) is 4.74 Å². The highest BCUT2D eigenvalue weighted by Gasteiger charge is 2.25. The minimum atomic E-state index is -0.290. The van der Waals surface area contributed by atoms with Crippen LogP contribution in [0.4, 0.5) is 4.79 Å². The van der Waals surface area contributed by atoms with Crippen LogP contribution in [0, 0.1) is 5.41 Å². The van der Waals surface area contributed by atoms with E-state index in [2.05, 4.69) is 26.1 Å². The molecule has 0 fully saturated rings. The van der Waals surface area contributed by atoms with Gasteiger partial charge in [0.05, 0.1) is 0 Å². The topological polar surface area (TPSA) is 41.6 Å². The number of rotatable bonds is 4. The maximum Gasteiger partial charge on any atom is 0.409 e. The van der Waals surface area contributed by atoms with Crippen LogP contribution < -0.4 is 5.32 Å². The first-order chi connectivity index (χ1) is 6.79. The van der Waals surface area contributed by atoms with Crippen molar-refractivity contribution < 1.29 is 9.53 Å². The fourth-order valence-corrected chi connectivity index (χ4v) is 1.15. The molecular formula is C11H24N2O2. The number of carbonyl (C=O) groups is 1. The van der Waals surface area contributed by atoms with Crippen LogP contribution in [-0.4, -0.2) is 44.3 Å². The molecule has 0 aliphatic rings. The van der Waals surface area contributed by atoms with Crippen molar-refractivity contribution >= 4 is 6.09 Å². The monoisotopic (exact) mass is 216 g/mol. The summed E-state index contributed by atoms with van der Waals surface area (Å²) < 4.78 is 5.17. The zero-order valence-electron chi connectivity index (χ0n) is 10.8. The molecule has 0 rings (SSSR count). The minimum Gasteiger partial charge on any atom is -0.448 e. The molecule has 0 saturated carbocycles. The Labute approximate surface area is 93.0 Å². The van der Waals surface area contributed by atoms with E-state index in [0.29, 0.717) is 6.61 Å². The summed E-state index contributed by atoms with van der Waals surface area (Å²) in [6.45, 7) is 9.72. The molecule has 1 atom stereocenters. The number of hydrogen-bond acceptors (Lipinski definition) is 3. The molecule has 90 valence electrons. The second-order valence-electron chi connectivity index (χ2n) is 4.95. The zero-order valence-corrected chi connectivity index (χ0v) is 10.8. The molecule has 0 aliphatic carbocycles. The Kier molecular flexibility index (Phi) is 5.65. The summed E-state index contributed by atoms with van der Waals surface area (Å²) in [6, 6.07) is 0.186. The van der Waals surface area contributed by atoms with Gasteiger partial charge in [-0.05, 0) is 12.0 Å². The van der Waals surface area contributed by atoms with Crippen LogP contribution in [0.15, 0.2) is 0 Å². The van der Waals surface area contributed by atoms with Gasteiger partial charge in [0, 0.05) is 20.1 Å². The molecular weight excluding hydrogens is 192 g/mol. The highest BCUT2D eigenvalue weighted by Crippen LogP contribution is 2.19. The van der Waals surface area contributed by atoms with Crippen LogP contribution in [0.2, 0.25) is 0 Å². The Balaban J connectivity index is 4.14. The Bertz CT molecular complexity index is 197. The molecule has 4 heteroatoms. The number of likely N-dealkylation sites (N-methyl/N-ethyl adjacent to an activating group) is 1. The minimum absolute atomic E-state index is 0.0859. The third-order valence-electron chi connectivity index (χ3n) is 2.23. The van der Waals surface area contributed by atoms with Crippen LogP contribution in [0.3, 0.4) is 0 Å². The van der Waals surface area contributed by atoms with Crippen molar-refractivity contribution in [1.29, 1.82) is 0 Å². The van der Waals surface area contributed by atoms with E-state index in [1.807, 2.05) is 6.92 Å². The van der Waals surface area contributed by atoms with Crippen LogP contribution in [-0.2, 0) is 4.74 Å². The first-order valence-electron chi connectivity index (χ1n) is 5.36. The molecule has 15 heavy (non-hydrogen) atoms. The molecule has 0 aliphatic heterocycles. The molecule has 4 nitrogen and oxygen atoms in total. The highest BCUT2D eigenvalue weighted by atomic mass is 16.6. The van der Waals surface area contributed by atoms with Gasteiger partial charge in [0.15, 0.2) is 0 Å². The lowest BCUT2D eigenvalue weighted by atomic mass is 9.87. The Morgan fingerprint density at radius 1 is 1.40 bits per heavy atom. The van der Waals surface area contributed by atoms with Crippen molar-refractivity contribution in [3.05, 3.63) is 0 Å². The Morgan fingerprint density at radius 3 is 2.27 bits per heavy atom. The van der Waals surface area contributed by atoms with E-state index in [9.17, 15) is 4.79 Å². The molecule has 1 unspecified atom stereocenters. The molecule has 0 spiro atoms. The third kappa shape index (κ3) is 5.62. The molecule has 1 amide bonds. The second kappa shape index (κ2) is 5.95. The molecule has 0 bridgehead atoms. The maximum atomic E-state index is 11.3. The molecule has 0 radical (unpaired) electrons. The molecule has 0 heterocycles. The van der Waals surface area contributed by atoms with Gasteiger partial charge in [0.2, 0.25) is 0 Å². The van der Waals surface area contributed by atoms with Gasteiger partial charge in [-0.3, -0.25) is 0 Å². The smallest absolute Gasteiger partial charge is 0.409 e. The van der Waals surface area contributed by atoms with E-state index >= 15 is 0 Å². The van der Waals surface area contributed by atoms with Crippen LogP contribution in [0.25, 0.3) is 0 Å². The second-order valence-corrected chi connectivity index (χ2v) is 4.95. The molecule has 0 aromatic carbocycles. The summed E-state index contributed by atoms with van der Waals surface area (Å²) in [5.41, 5.74) is 0.0859. The Hall–Kier alpha value is -0.770. The van der Waals surface area contributed by atoms with Crippen molar-refractivity contribution in [2.45, 2.75) is 33.7 Å². The highest BCUT2D eigenvalue weighted by molar-refractivity contribution is 5.66. The molecule has 0 aromatic rings. The largest absolute Gasteiger partial charge is 0.448 e. The van der Waals surface area contributed by atoms with Gasteiger partial charge in [-0.1, -0.05) is 27.7 Å². The maximum absolute atomic E-state index is 11.3. The number of nitrogens with zero attached hydrogens (tertiary/aromatic N) is 1. The third-order valence-corrected chi connectivity index (χ3v) is 2.23. The fraction of sp³-hybridized carbons (Fsp3) is 0.909. The van der Waals surface area contributed by atoms with Crippen molar-refractivity contribution in [1.82, 2.24) is 10.2 Å². The summed E-state index contributed by atoms with van der Waals surface area (Å²) in [5.74, 6) is 0.